The van der Waals surface area contributed by atoms with Crippen LogP contribution in [0.3, 0.4) is 0 Å². The quantitative estimate of drug-likeness (QED) is 0.799. The third-order valence-corrected chi connectivity index (χ3v) is 3.30. The Kier molecular flexibility index (Phi) is 4.46. The molecular weight excluding hydrogens is 248 g/mol. The number of benzene rings is 1. The van der Waals surface area contributed by atoms with Crippen LogP contribution >= 0.6 is 11.5 Å². The monoisotopic (exact) mass is 264 g/mol. The van der Waals surface area contributed by atoms with E-state index in [1.165, 1.54) is 17.1 Å². The summed E-state index contributed by atoms with van der Waals surface area (Å²) in [4.78, 5) is 2.06. The zero-order valence-electron chi connectivity index (χ0n) is 10.5. The molecule has 0 aliphatic carbocycles. The summed E-state index contributed by atoms with van der Waals surface area (Å²) in [6, 6.07) is 8.20. The highest BCUT2D eigenvalue weighted by atomic mass is 32.1. The van der Waals surface area contributed by atoms with Crippen molar-refractivity contribution in [2.24, 2.45) is 0 Å². The molecule has 0 unspecified atom stereocenters. The summed E-state index contributed by atoms with van der Waals surface area (Å²) in [6.07, 6.45) is 0.961. The molecule has 0 N–H and O–H groups in total. The van der Waals surface area contributed by atoms with Crippen molar-refractivity contribution in [1.82, 2.24) is 14.8 Å². The molecule has 2 rings (SSSR count). The number of hydrogen-bond acceptors (Lipinski definition) is 6. The van der Waals surface area contributed by atoms with Crippen LogP contribution in [0.2, 0.25) is 0 Å². The van der Waals surface area contributed by atoms with Gasteiger partial charge >= 0.3 is 0 Å². The molecule has 0 aliphatic heterocycles. The molecular formula is C12H16N4OS. The first kappa shape index (κ1) is 12.8. The molecule has 1 aromatic carbocycles. The second-order valence-corrected chi connectivity index (χ2v) is 4.60. The molecule has 2 aromatic rings. The summed E-state index contributed by atoms with van der Waals surface area (Å²) in [6.45, 7) is 3.58. The number of nitrogens with zero attached hydrogens (tertiary/aromatic N) is 4. The maximum atomic E-state index is 5.41. The highest BCUT2D eigenvalue weighted by Crippen LogP contribution is 2.15. The third kappa shape index (κ3) is 3.40. The number of aromatic nitrogens is 3. The molecule has 5 nitrogen and oxygen atoms in total. The lowest BCUT2D eigenvalue weighted by molar-refractivity contribution is 0.340. The van der Waals surface area contributed by atoms with Crippen LogP contribution in [0.4, 0.5) is 5.13 Å². The Hall–Kier alpha value is -1.69. The summed E-state index contributed by atoms with van der Waals surface area (Å²) in [5.74, 6) is 0.919. The van der Waals surface area contributed by atoms with Gasteiger partial charge < -0.3 is 9.64 Å². The van der Waals surface area contributed by atoms with E-state index < -0.39 is 0 Å². The largest absolute Gasteiger partial charge is 0.494 e. The van der Waals surface area contributed by atoms with Gasteiger partial charge in [0.1, 0.15) is 5.75 Å². The summed E-state index contributed by atoms with van der Waals surface area (Å²) >= 11 is 1.31. The predicted molar refractivity (Wildman–Crippen MR) is 72.3 cm³/mol. The molecule has 0 aliphatic rings. The first-order chi connectivity index (χ1) is 8.79. The Morgan fingerprint density at radius 2 is 2.06 bits per heavy atom. The van der Waals surface area contributed by atoms with Gasteiger partial charge in [-0.25, -0.2) is 0 Å². The van der Waals surface area contributed by atoms with Gasteiger partial charge in [0.2, 0.25) is 5.13 Å². The van der Waals surface area contributed by atoms with Crippen LogP contribution in [-0.2, 0) is 6.42 Å². The molecule has 0 amide bonds. The van der Waals surface area contributed by atoms with E-state index in [0.29, 0.717) is 6.61 Å². The zero-order valence-corrected chi connectivity index (χ0v) is 11.4. The lowest BCUT2D eigenvalue weighted by atomic mass is 10.1. The number of likely N-dealkylation sites (N-methyl/N-ethyl adjacent to an activating group) is 1. The van der Waals surface area contributed by atoms with Crippen LogP contribution in [0.15, 0.2) is 24.3 Å². The van der Waals surface area contributed by atoms with Crippen molar-refractivity contribution in [2.45, 2.75) is 13.3 Å². The first-order valence-corrected chi connectivity index (χ1v) is 6.65. The van der Waals surface area contributed by atoms with Crippen molar-refractivity contribution in [3.8, 4) is 5.75 Å². The fourth-order valence-electron chi connectivity index (χ4n) is 1.59. The SMILES string of the molecule is CCOc1ccc(CCN(C)c2nnns2)cc1. The minimum atomic E-state index is 0.701. The van der Waals surface area contributed by atoms with Crippen molar-refractivity contribution < 1.29 is 4.74 Å². The van der Waals surface area contributed by atoms with Crippen LogP contribution < -0.4 is 9.64 Å². The molecule has 1 aromatic heterocycles. The minimum Gasteiger partial charge on any atom is -0.494 e. The van der Waals surface area contributed by atoms with Crippen LogP contribution in [0.1, 0.15) is 12.5 Å². The second-order valence-electron chi connectivity index (χ2n) is 3.89. The maximum Gasteiger partial charge on any atom is 0.227 e. The lowest BCUT2D eigenvalue weighted by Crippen LogP contribution is -2.20. The number of anilines is 1. The van der Waals surface area contributed by atoms with Crippen molar-refractivity contribution in [2.75, 3.05) is 25.1 Å². The predicted octanol–water partition coefficient (Wildman–Crippen LogP) is 2.01. The molecule has 0 spiro atoms. The molecule has 0 bridgehead atoms. The Morgan fingerprint density at radius 3 is 2.67 bits per heavy atom. The Balaban J connectivity index is 1.86. The smallest absolute Gasteiger partial charge is 0.227 e. The summed E-state index contributed by atoms with van der Waals surface area (Å²) < 4.78 is 9.16. The molecule has 6 heteroatoms. The van der Waals surface area contributed by atoms with Crippen molar-refractivity contribution in [3.05, 3.63) is 29.8 Å². The van der Waals surface area contributed by atoms with Gasteiger partial charge in [0.05, 0.1) is 6.61 Å². The Labute approximate surface area is 111 Å². The highest BCUT2D eigenvalue weighted by molar-refractivity contribution is 7.09. The molecule has 0 atom stereocenters. The van der Waals surface area contributed by atoms with E-state index in [9.17, 15) is 0 Å². The van der Waals surface area contributed by atoms with Crippen LogP contribution in [-0.4, -0.2) is 35.0 Å². The molecule has 96 valence electrons. The van der Waals surface area contributed by atoms with E-state index in [0.717, 1.165) is 23.8 Å². The molecule has 0 saturated heterocycles. The van der Waals surface area contributed by atoms with E-state index in [2.05, 4.69) is 31.8 Å². The van der Waals surface area contributed by atoms with Gasteiger partial charge in [0.25, 0.3) is 0 Å². The van der Waals surface area contributed by atoms with Gasteiger partial charge in [0.15, 0.2) is 0 Å². The minimum absolute atomic E-state index is 0.701. The van der Waals surface area contributed by atoms with Crippen LogP contribution in [0.5, 0.6) is 5.75 Å². The Morgan fingerprint density at radius 1 is 1.28 bits per heavy atom. The topological polar surface area (TPSA) is 51.1 Å². The van der Waals surface area contributed by atoms with E-state index >= 15 is 0 Å². The summed E-state index contributed by atoms with van der Waals surface area (Å²) in [7, 11) is 2.00. The van der Waals surface area contributed by atoms with Crippen LogP contribution in [0, 0.1) is 0 Å². The molecule has 0 fully saturated rings. The lowest BCUT2D eigenvalue weighted by Gasteiger charge is -2.14. The van der Waals surface area contributed by atoms with E-state index in [1.807, 2.05) is 26.1 Å². The first-order valence-electron chi connectivity index (χ1n) is 5.87. The Bertz CT molecular complexity index is 457. The van der Waals surface area contributed by atoms with Crippen molar-refractivity contribution in [3.63, 3.8) is 0 Å². The third-order valence-electron chi connectivity index (χ3n) is 2.59. The maximum absolute atomic E-state index is 5.41. The second kappa shape index (κ2) is 6.30. The van der Waals surface area contributed by atoms with E-state index in [4.69, 9.17) is 4.74 Å². The highest BCUT2D eigenvalue weighted by Gasteiger charge is 2.05. The number of hydrogen-bond donors (Lipinski definition) is 0. The van der Waals surface area contributed by atoms with E-state index in [-0.39, 0.29) is 0 Å². The summed E-state index contributed by atoms with van der Waals surface area (Å²) in [5.41, 5.74) is 1.28. The van der Waals surface area contributed by atoms with Gasteiger partial charge in [-0.05, 0) is 36.3 Å². The zero-order chi connectivity index (χ0) is 12.8. The molecule has 1 heterocycles. The van der Waals surface area contributed by atoms with Gasteiger partial charge in [-0.3, -0.25) is 0 Å². The number of rotatable bonds is 6. The fourth-order valence-corrected chi connectivity index (χ4v) is 2.04. The standard InChI is InChI=1S/C12H16N4OS/c1-3-17-11-6-4-10(5-7-11)8-9-16(2)12-13-14-15-18-12/h4-7H,3,8-9H2,1-2H3. The van der Waals surface area contributed by atoms with Crippen molar-refractivity contribution >= 4 is 16.7 Å². The van der Waals surface area contributed by atoms with E-state index in [1.54, 1.807) is 0 Å². The fraction of sp³-hybridized carbons (Fsp3) is 0.417. The normalized spacial score (nSPS) is 10.3. The summed E-state index contributed by atoms with van der Waals surface area (Å²) in [5, 5.41) is 8.37. The molecule has 0 radical (unpaired) electrons. The number of ether oxygens (including phenoxy) is 1. The molecule has 18 heavy (non-hydrogen) atoms. The van der Waals surface area contributed by atoms with Gasteiger partial charge in [-0.15, -0.1) is 0 Å². The van der Waals surface area contributed by atoms with Crippen molar-refractivity contribution in [1.29, 1.82) is 0 Å². The molecule has 0 saturated carbocycles. The van der Waals surface area contributed by atoms with Gasteiger partial charge in [-0.1, -0.05) is 21.7 Å². The van der Waals surface area contributed by atoms with Gasteiger partial charge in [-0.2, -0.15) is 0 Å². The average Bonchev–Trinajstić information content (AvgIpc) is 2.92. The average molecular weight is 264 g/mol. The van der Waals surface area contributed by atoms with Gasteiger partial charge in [0, 0.05) is 25.1 Å². The van der Waals surface area contributed by atoms with Crippen LogP contribution in [0.25, 0.3) is 0 Å².